The number of fused-ring (bicyclic) bond motifs is 1. The van der Waals surface area contributed by atoms with Crippen LogP contribution in [0.5, 0.6) is 0 Å². The Balaban J connectivity index is 2.53. The number of ketones is 1. The van der Waals surface area contributed by atoms with Gasteiger partial charge in [-0.3, -0.25) is 9.59 Å². The van der Waals surface area contributed by atoms with E-state index in [1.54, 1.807) is 6.07 Å². The van der Waals surface area contributed by atoms with Crippen LogP contribution in [0.2, 0.25) is 0 Å². The lowest BCUT2D eigenvalue weighted by molar-refractivity contribution is -0.143. The van der Waals surface area contributed by atoms with Gasteiger partial charge in [0.15, 0.2) is 5.78 Å². The van der Waals surface area contributed by atoms with Gasteiger partial charge >= 0.3 is 5.97 Å². The Morgan fingerprint density at radius 2 is 1.94 bits per heavy atom. The first-order valence-corrected chi connectivity index (χ1v) is 5.79. The number of Topliss-reactive ketones (excluding diaryl/α,β-unsaturated/α-hetero) is 1. The van der Waals surface area contributed by atoms with Crippen LogP contribution in [0.15, 0.2) is 24.3 Å². The summed E-state index contributed by atoms with van der Waals surface area (Å²) in [6.45, 7) is 3.93. The molecule has 0 saturated carbocycles. The summed E-state index contributed by atoms with van der Waals surface area (Å²) < 4.78 is 4.83. The summed E-state index contributed by atoms with van der Waals surface area (Å²) in [5.41, 5.74) is 1.48. The van der Waals surface area contributed by atoms with Crippen LogP contribution in [0, 0.1) is 11.8 Å². The van der Waals surface area contributed by atoms with Crippen molar-refractivity contribution in [1.82, 2.24) is 0 Å². The molecule has 2 rings (SSSR count). The average Bonchev–Trinajstić information content (AvgIpc) is 2.62. The van der Waals surface area contributed by atoms with E-state index in [4.69, 9.17) is 4.74 Å². The van der Waals surface area contributed by atoms with Crippen LogP contribution in [0.1, 0.15) is 35.7 Å². The zero-order valence-electron chi connectivity index (χ0n) is 10.3. The summed E-state index contributed by atoms with van der Waals surface area (Å²) in [7, 11) is 1.37. The lowest BCUT2D eigenvalue weighted by Crippen LogP contribution is -2.26. The van der Waals surface area contributed by atoms with E-state index in [2.05, 4.69) is 0 Å². The summed E-state index contributed by atoms with van der Waals surface area (Å²) in [6, 6.07) is 7.31. The molecule has 0 saturated heterocycles. The second kappa shape index (κ2) is 4.32. The Kier molecular flexibility index (Phi) is 3.01. The summed E-state index contributed by atoms with van der Waals surface area (Å²) in [5, 5.41) is 0. The number of esters is 1. The van der Waals surface area contributed by atoms with Gasteiger partial charge in [-0.15, -0.1) is 0 Å². The van der Waals surface area contributed by atoms with Gasteiger partial charge in [0.05, 0.1) is 13.0 Å². The fraction of sp³-hybridized carbons (Fsp3) is 0.429. The van der Waals surface area contributed by atoms with E-state index in [1.807, 2.05) is 32.0 Å². The number of hydrogen-bond acceptors (Lipinski definition) is 3. The molecule has 1 aliphatic carbocycles. The maximum absolute atomic E-state index is 12.3. The molecule has 17 heavy (non-hydrogen) atoms. The van der Waals surface area contributed by atoms with Crippen molar-refractivity contribution in [3.63, 3.8) is 0 Å². The van der Waals surface area contributed by atoms with Crippen LogP contribution in [0.3, 0.4) is 0 Å². The fourth-order valence-electron chi connectivity index (χ4n) is 2.61. The number of ether oxygens (including phenoxy) is 1. The van der Waals surface area contributed by atoms with Crippen molar-refractivity contribution >= 4 is 11.8 Å². The molecule has 3 heteroatoms. The highest BCUT2D eigenvalue weighted by atomic mass is 16.5. The van der Waals surface area contributed by atoms with E-state index in [-0.39, 0.29) is 23.6 Å². The van der Waals surface area contributed by atoms with Crippen LogP contribution in [-0.4, -0.2) is 18.9 Å². The second-order valence-electron chi connectivity index (χ2n) is 4.72. The van der Waals surface area contributed by atoms with Gasteiger partial charge in [0, 0.05) is 11.5 Å². The highest BCUT2D eigenvalue weighted by molar-refractivity contribution is 6.07. The largest absolute Gasteiger partial charge is 0.469 e. The molecular formula is C14H16O3. The smallest absolute Gasteiger partial charge is 0.313 e. The molecule has 2 unspecified atom stereocenters. The Morgan fingerprint density at radius 3 is 2.53 bits per heavy atom. The minimum Gasteiger partial charge on any atom is -0.469 e. The lowest BCUT2D eigenvalue weighted by Gasteiger charge is -2.20. The van der Waals surface area contributed by atoms with Crippen molar-refractivity contribution in [3.8, 4) is 0 Å². The molecule has 0 fully saturated rings. The van der Waals surface area contributed by atoms with Crippen LogP contribution in [0.4, 0.5) is 0 Å². The summed E-state index contributed by atoms with van der Waals surface area (Å²) in [4.78, 5) is 24.1. The van der Waals surface area contributed by atoms with Gasteiger partial charge in [0.2, 0.25) is 0 Å². The highest BCUT2D eigenvalue weighted by Crippen LogP contribution is 2.42. The minimum absolute atomic E-state index is 0.0611. The molecule has 0 aromatic heterocycles. The van der Waals surface area contributed by atoms with Crippen molar-refractivity contribution in [2.24, 2.45) is 11.8 Å². The molecule has 1 aromatic rings. The molecule has 0 radical (unpaired) electrons. The van der Waals surface area contributed by atoms with Gasteiger partial charge in [-0.2, -0.15) is 0 Å². The first-order valence-electron chi connectivity index (χ1n) is 5.79. The van der Waals surface area contributed by atoms with Crippen molar-refractivity contribution in [3.05, 3.63) is 35.4 Å². The standard InChI is InChI=1S/C14H16O3/c1-8(2)11-12(14(16)17-3)9-6-4-5-7-10(9)13(11)15/h4-8,11-12H,1-3H3. The van der Waals surface area contributed by atoms with Gasteiger partial charge in [-0.05, 0) is 11.5 Å². The molecule has 0 spiro atoms. The molecular weight excluding hydrogens is 216 g/mol. The average molecular weight is 232 g/mol. The first kappa shape index (κ1) is 11.8. The third-order valence-corrected chi connectivity index (χ3v) is 3.40. The highest BCUT2D eigenvalue weighted by Gasteiger charge is 2.45. The molecule has 3 nitrogen and oxygen atoms in total. The monoisotopic (exact) mass is 232 g/mol. The van der Waals surface area contributed by atoms with Gasteiger partial charge in [-0.25, -0.2) is 0 Å². The Morgan fingerprint density at radius 1 is 1.29 bits per heavy atom. The van der Waals surface area contributed by atoms with E-state index in [9.17, 15) is 9.59 Å². The van der Waals surface area contributed by atoms with E-state index >= 15 is 0 Å². The number of hydrogen-bond donors (Lipinski definition) is 0. The third kappa shape index (κ3) is 1.75. The Bertz CT molecular complexity index is 462. The second-order valence-corrected chi connectivity index (χ2v) is 4.72. The minimum atomic E-state index is -0.441. The van der Waals surface area contributed by atoms with Crippen molar-refractivity contribution in [2.75, 3.05) is 7.11 Å². The van der Waals surface area contributed by atoms with Gasteiger partial charge < -0.3 is 4.74 Å². The van der Waals surface area contributed by atoms with Crippen LogP contribution in [0.25, 0.3) is 0 Å². The normalized spacial score (nSPS) is 22.7. The molecule has 1 aromatic carbocycles. The zero-order chi connectivity index (χ0) is 12.6. The third-order valence-electron chi connectivity index (χ3n) is 3.40. The molecule has 0 N–H and O–H groups in total. The summed E-state index contributed by atoms with van der Waals surface area (Å²) in [6.07, 6.45) is 0. The van der Waals surface area contributed by atoms with Crippen molar-refractivity contribution in [1.29, 1.82) is 0 Å². The number of carbonyl (C=O) groups is 2. The topological polar surface area (TPSA) is 43.4 Å². The quantitative estimate of drug-likeness (QED) is 0.735. The van der Waals surface area contributed by atoms with Gasteiger partial charge in [0.25, 0.3) is 0 Å². The molecule has 2 atom stereocenters. The van der Waals surface area contributed by atoms with Crippen LogP contribution >= 0.6 is 0 Å². The van der Waals surface area contributed by atoms with E-state index in [0.717, 1.165) is 5.56 Å². The van der Waals surface area contributed by atoms with E-state index < -0.39 is 5.92 Å². The van der Waals surface area contributed by atoms with Crippen molar-refractivity contribution < 1.29 is 14.3 Å². The zero-order valence-corrected chi connectivity index (χ0v) is 10.3. The van der Waals surface area contributed by atoms with Crippen LogP contribution in [-0.2, 0) is 9.53 Å². The Hall–Kier alpha value is -1.64. The molecule has 90 valence electrons. The van der Waals surface area contributed by atoms with E-state index in [1.165, 1.54) is 7.11 Å². The molecule has 0 aliphatic heterocycles. The van der Waals surface area contributed by atoms with Gasteiger partial charge in [-0.1, -0.05) is 38.1 Å². The molecule has 1 aliphatic rings. The SMILES string of the molecule is COC(=O)C1c2ccccc2C(=O)C1C(C)C. The molecule has 0 heterocycles. The maximum Gasteiger partial charge on any atom is 0.313 e. The number of rotatable bonds is 2. The predicted molar refractivity (Wildman–Crippen MR) is 63.9 cm³/mol. The molecule has 0 amide bonds. The first-order chi connectivity index (χ1) is 8.07. The summed E-state index contributed by atoms with van der Waals surface area (Å²) >= 11 is 0. The fourth-order valence-corrected chi connectivity index (χ4v) is 2.61. The number of benzene rings is 1. The number of carbonyl (C=O) groups excluding carboxylic acids is 2. The van der Waals surface area contributed by atoms with Crippen molar-refractivity contribution in [2.45, 2.75) is 19.8 Å². The lowest BCUT2D eigenvalue weighted by atomic mass is 9.83. The maximum atomic E-state index is 12.3. The predicted octanol–water partition coefficient (Wildman–Crippen LogP) is 2.41. The molecule has 0 bridgehead atoms. The number of methoxy groups -OCH3 is 1. The van der Waals surface area contributed by atoms with E-state index in [0.29, 0.717) is 5.56 Å². The summed E-state index contributed by atoms with van der Waals surface area (Å²) in [5.74, 6) is -0.865. The van der Waals surface area contributed by atoms with Gasteiger partial charge in [0.1, 0.15) is 0 Å². The van der Waals surface area contributed by atoms with Crippen LogP contribution < -0.4 is 0 Å². The Labute approximate surface area is 101 Å².